The summed E-state index contributed by atoms with van der Waals surface area (Å²) in [5.74, 6) is -0.0474. The first-order valence-electron chi connectivity index (χ1n) is 37.3. The van der Waals surface area contributed by atoms with Crippen LogP contribution in [0.25, 0.3) is 0 Å². The van der Waals surface area contributed by atoms with E-state index in [1.165, 1.54) is 340 Å². The molecule has 0 spiro atoms. The summed E-state index contributed by atoms with van der Waals surface area (Å²) < 4.78 is 5.51. The van der Waals surface area contributed by atoms with Crippen molar-refractivity contribution >= 4 is 11.9 Å². The summed E-state index contributed by atoms with van der Waals surface area (Å²) in [7, 11) is 0. The van der Waals surface area contributed by atoms with E-state index in [2.05, 4.69) is 43.5 Å². The molecule has 0 aliphatic heterocycles. The third kappa shape index (κ3) is 67.2. The number of unbranched alkanes of at least 4 members (excludes halogenated alkanes) is 55. The number of hydrogen-bond donors (Lipinski definition) is 3. The molecule has 0 bridgehead atoms. The summed E-state index contributed by atoms with van der Waals surface area (Å²) in [5.41, 5.74) is 0. The first kappa shape index (κ1) is 80.1. The fourth-order valence-corrected chi connectivity index (χ4v) is 11.7. The lowest BCUT2D eigenvalue weighted by atomic mass is 10.0. The average molecular weight is 1150 g/mol. The van der Waals surface area contributed by atoms with E-state index in [-0.39, 0.29) is 18.5 Å². The van der Waals surface area contributed by atoms with Crippen LogP contribution in [0.5, 0.6) is 0 Å². The lowest BCUT2D eigenvalue weighted by Gasteiger charge is -2.20. The van der Waals surface area contributed by atoms with Crippen molar-refractivity contribution in [3.8, 4) is 0 Å². The lowest BCUT2D eigenvalue weighted by Crippen LogP contribution is -2.45. The molecule has 3 N–H and O–H groups in total. The molecule has 0 radical (unpaired) electrons. The standard InChI is InChI=1S/C76H145NO5/c1-3-5-7-9-11-13-15-17-19-20-38-42-46-50-54-58-62-66-70-76(81)82-71-67-63-59-55-51-47-43-39-36-34-32-30-28-26-24-22-21-23-25-27-29-31-33-35-37-41-45-49-53-57-61-65-69-75(80)77-73(72-78)74(79)68-64-60-56-52-48-44-40-18-16-14-12-10-8-6-4-2/h19-20,24,26,64,68,73-74,78-79H,3-18,21-23,25,27-63,65-67,69-72H2,1-2H3,(H,77,80)/b20-19-,26-24-,68-64+. The average Bonchev–Trinajstić information content (AvgIpc) is 3.48. The van der Waals surface area contributed by atoms with Crippen molar-refractivity contribution in [1.29, 1.82) is 0 Å². The van der Waals surface area contributed by atoms with E-state index in [0.29, 0.717) is 19.4 Å². The van der Waals surface area contributed by atoms with Crippen LogP contribution in [0.2, 0.25) is 0 Å². The second kappa shape index (κ2) is 71.6. The van der Waals surface area contributed by atoms with E-state index in [4.69, 9.17) is 4.74 Å². The number of aliphatic hydroxyl groups is 2. The molecule has 82 heavy (non-hydrogen) atoms. The van der Waals surface area contributed by atoms with Gasteiger partial charge in [0.2, 0.25) is 5.91 Å². The molecular weight excluding hydrogens is 1010 g/mol. The zero-order chi connectivity index (χ0) is 59.2. The third-order valence-electron chi connectivity index (χ3n) is 17.4. The Bertz CT molecular complexity index is 1330. The summed E-state index contributed by atoms with van der Waals surface area (Å²) >= 11 is 0. The molecule has 6 heteroatoms. The van der Waals surface area contributed by atoms with Crippen molar-refractivity contribution in [3.63, 3.8) is 0 Å². The molecular formula is C76H145NO5. The molecule has 1 amide bonds. The minimum absolute atomic E-state index is 0.0156. The summed E-state index contributed by atoms with van der Waals surface area (Å²) in [4.78, 5) is 24.6. The molecule has 0 aliphatic carbocycles. The second-order valence-corrected chi connectivity index (χ2v) is 25.6. The van der Waals surface area contributed by atoms with E-state index in [9.17, 15) is 19.8 Å². The second-order valence-electron chi connectivity index (χ2n) is 25.6. The van der Waals surface area contributed by atoms with Crippen molar-refractivity contribution in [2.75, 3.05) is 13.2 Å². The summed E-state index contributed by atoms with van der Waals surface area (Å²) in [6, 6.07) is -0.626. The Morgan fingerprint density at radius 3 is 0.866 bits per heavy atom. The predicted molar refractivity (Wildman–Crippen MR) is 361 cm³/mol. The van der Waals surface area contributed by atoms with Crippen LogP contribution < -0.4 is 5.32 Å². The van der Waals surface area contributed by atoms with Crippen LogP contribution in [0.4, 0.5) is 0 Å². The first-order valence-corrected chi connectivity index (χ1v) is 37.3. The quantitative estimate of drug-likeness (QED) is 0.0320. The number of rotatable bonds is 70. The van der Waals surface area contributed by atoms with Crippen LogP contribution in [-0.2, 0) is 14.3 Å². The number of carbonyl (C=O) groups is 2. The van der Waals surface area contributed by atoms with Gasteiger partial charge in [0.15, 0.2) is 0 Å². The van der Waals surface area contributed by atoms with Gasteiger partial charge >= 0.3 is 5.97 Å². The Kier molecular flexibility index (Phi) is 69.9. The van der Waals surface area contributed by atoms with E-state index in [1.54, 1.807) is 6.08 Å². The number of ether oxygens (including phenoxy) is 1. The number of esters is 1. The highest BCUT2D eigenvalue weighted by Gasteiger charge is 2.18. The molecule has 0 fully saturated rings. The largest absolute Gasteiger partial charge is 0.466 e. The third-order valence-corrected chi connectivity index (χ3v) is 17.4. The highest BCUT2D eigenvalue weighted by Crippen LogP contribution is 2.19. The van der Waals surface area contributed by atoms with E-state index >= 15 is 0 Å². The van der Waals surface area contributed by atoms with E-state index < -0.39 is 12.1 Å². The van der Waals surface area contributed by atoms with Crippen LogP contribution >= 0.6 is 0 Å². The van der Waals surface area contributed by atoms with Gasteiger partial charge in [-0.3, -0.25) is 9.59 Å². The summed E-state index contributed by atoms with van der Waals surface area (Å²) in [5, 5.41) is 23.2. The van der Waals surface area contributed by atoms with Gasteiger partial charge in [-0.15, -0.1) is 0 Å². The first-order chi connectivity index (χ1) is 40.5. The van der Waals surface area contributed by atoms with Gasteiger partial charge in [0.05, 0.1) is 25.4 Å². The minimum atomic E-state index is -0.842. The Morgan fingerprint density at radius 1 is 0.329 bits per heavy atom. The van der Waals surface area contributed by atoms with Gasteiger partial charge in [-0.2, -0.15) is 0 Å². The van der Waals surface area contributed by atoms with Gasteiger partial charge in [0, 0.05) is 12.8 Å². The van der Waals surface area contributed by atoms with Gasteiger partial charge < -0.3 is 20.3 Å². The van der Waals surface area contributed by atoms with Crippen LogP contribution in [-0.4, -0.2) is 47.4 Å². The van der Waals surface area contributed by atoms with Crippen molar-refractivity contribution in [1.82, 2.24) is 5.32 Å². The topological polar surface area (TPSA) is 95.9 Å². The number of amides is 1. The van der Waals surface area contributed by atoms with Gasteiger partial charge in [-0.05, 0) is 83.5 Å². The number of hydrogen-bond acceptors (Lipinski definition) is 5. The highest BCUT2D eigenvalue weighted by molar-refractivity contribution is 5.76. The van der Waals surface area contributed by atoms with Gasteiger partial charge in [-0.25, -0.2) is 0 Å². The Labute approximate surface area is 513 Å². The molecule has 0 heterocycles. The minimum Gasteiger partial charge on any atom is -0.466 e. The number of allylic oxidation sites excluding steroid dienone is 5. The molecule has 0 aromatic rings. The van der Waals surface area contributed by atoms with Gasteiger partial charge in [0.25, 0.3) is 0 Å². The highest BCUT2D eigenvalue weighted by atomic mass is 16.5. The number of aliphatic hydroxyl groups excluding tert-OH is 2. The SMILES string of the molecule is CCCCCCCCC/C=C\CCCCCCCCCC(=O)OCCCCCCCCCCCCCC/C=C\CCCCCCCCCCCCCCCCCCC(=O)NC(CO)C(O)/C=C/CCCCCCCCCCCCCCC. The Morgan fingerprint density at radius 2 is 0.573 bits per heavy atom. The molecule has 0 saturated heterocycles. The molecule has 0 aromatic carbocycles. The summed E-state index contributed by atoms with van der Waals surface area (Å²) in [6.45, 7) is 4.93. The van der Waals surface area contributed by atoms with Crippen LogP contribution in [0.15, 0.2) is 36.5 Å². The zero-order valence-electron chi connectivity index (χ0n) is 55.5. The van der Waals surface area contributed by atoms with Crippen molar-refractivity contribution in [2.24, 2.45) is 0 Å². The van der Waals surface area contributed by atoms with Gasteiger partial charge in [-0.1, -0.05) is 352 Å². The smallest absolute Gasteiger partial charge is 0.305 e. The van der Waals surface area contributed by atoms with Crippen molar-refractivity contribution in [2.45, 2.75) is 424 Å². The van der Waals surface area contributed by atoms with Crippen LogP contribution in [0, 0.1) is 0 Å². The fraction of sp³-hybridized carbons (Fsp3) is 0.895. The molecule has 0 aromatic heterocycles. The maximum absolute atomic E-state index is 12.5. The normalized spacial score (nSPS) is 12.7. The van der Waals surface area contributed by atoms with Crippen molar-refractivity contribution in [3.05, 3.63) is 36.5 Å². The maximum Gasteiger partial charge on any atom is 0.305 e. The molecule has 2 atom stereocenters. The van der Waals surface area contributed by atoms with Crippen LogP contribution in [0.3, 0.4) is 0 Å². The molecule has 484 valence electrons. The van der Waals surface area contributed by atoms with Crippen LogP contribution in [0.1, 0.15) is 412 Å². The monoisotopic (exact) mass is 1150 g/mol. The Balaban J connectivity index is 3.35. The lowest BCUT2D eigenvalue weighted by molar-refractivity contribution is -0.143. The maximum atomic E-state index is 12.5. The van der Waals surface area contributed by atoms with E-state index in [1.807, 2.05) is 6.08 Å². The zero-order valence-corrected chi connectivity index (χ0v) is 55.5. The molecule has 6 nitrogen and oxygen atoms in total. The number of carbonyl (C=O) groups excluding carboxylic acids is 2. The predicted octanol–water partition coefficient (Wildman–Crippen LogP) is 24.3. The molecule has 0 saturated carbocycles. The van der Waals surface area contributed by atoms with Crippen molar-refractivity contribution < 1.29 is 24.5 Å². The molecule has 2 unspecified atom stereocenters. The number of nitrogens with one attached hydrogen (secondary N) is 1. The summed E-state index contributed by atoms with van der Waals surface area (Å²) in [6.07, 6.45) is 92.5. The molecule has 0 aliphatic rings. The fourth-order valence-electron chi connectivity index (χ4n) is 11.7. The molecule has 0 rings (SSSR count). The van der Waals surface area contributed by atoms with E-state index in [0.717, 1.165) is 44.9 Å². The Hall–Kier alpha value is -1.92. The van der Waals surface area contributed by atoms with Gasteiger partial charge in [0.1, 0.15) is 0 Å².